The third-order valence-corrected chi connectivity index (χ3v) is 6.01. The standard InChI is InChI=1S/C25H17ClO7/c1-31-19-7-6-12(8-16(19)27)20-10-17(28)24-18(29)11-21-23(25(24)33-20)14(9-22(30)32-21)13-4-2-3-5-15(13)26/h2-8,10-11,14,27,29H,9H2,1H3/t14-/m1/s1. The first-order chi connectivity index (χ1) is 15.9. The summed E-state index contributed by atoms with van der Waals surface area (Å²) < 4.78 is 16.6. The summed E-state index contributed by atoms with van der Waals surface area (Å²) in [6.07, 6.45) is -0.0200. The average molecular weight is 465 g/mol. The van der Waals surface area contributed by atoms with Gasteiger partial charge < -0.3 is 24.1 Å². The van der Waals surface area contributed by atoms with Gasteiger partial charge in [-0.3, -0.25) is 9.59 Å². The Morgan fingerprint density at radius 2 is 1.82 bits per heavy atom. The van der Waals surface area contributed by atoms with E-state index in [0.29, 0.717) is 21.7 Å². The van der Waals surface area contributed by atoms with Gasteiger partial charge >= 0.3 is 5.97 Å². The van der Waals surface area contributed by atoms with Crippen LogP contribution in [0.5, 0.6) is 23.0 Å². The number of benzene rings is 3. The maximum absolute atomic E-state index is 13.0. The van der Waals surface area contributed by atoms with E-state index < -0.39 is 17.3 Å². The van der Waals surface area contributed by atoms with Gasteiger partial charge in [0.1, 0.15) is 28.2 Å². The fraction of sp³-hybridized carbons (Fsp3) is 0.120. The number of esters is 1. The Labute approximate surface area is 192 Å². The van der Waals surface area contributed by atoms with Gasteiger partial charge in [0.25, 0.3) is 0 Å². The molecule has 0 amide bonds. The molecule has 1 atom stereocenters. The molecule has 7 nitrogen and oxygen atoms in total. The second-order valence-electron chi connectivity index (χ2n) is 7.63. The lowest BCUT2D eigenvalue weighted by molar-refractivity contribution is -0.135. The zero-order valence-electron chi connectivity index (χ0n) is 17.3. The lowest BCUT2D eigenvalue weighted by atomic mass is 9.85. The zero-order chi connectivity index (χ0) is 23.3. The summed E-state index contributed by atoms with van der Waals surface area (Å²) in [4.78, 5) is 25.4. The second kappa shape index (κ2) is 7.86. The van der Waals surface area contributed by atoms with E-state index in [1.54, 1.807) is 36.4 Å². The Bertz CT molecular complexity index is 1490. The molecule has 0 aliphatic carbocycles. The predicted molar refractivity (Wildman–Crippen MR) is 121 cm³/mol. The summed E-state index contributed by atoms with van der Waals surface area (Å²) in [5.74, 6) is -1.02. The van der Waals surface area contributed by atoms with Crippen molar-refractivity contribution in [2.24, 2.45) is 0 Å². The van der Waals surface area contributed by atoms with Gasteiger partial charge in [-0.15, -0.1) is 0 Å². The van der Waals surface area contributed by atoms with Gasteiger partial charge in [0, 0.05) is 34.2 Å². The number of fused-ring (bicyclic) bond motifs is 3. The number of aromatic hydroxyl groups is 2. The van der Waals surface area contributed by atoms with Gasteiger partial charge in [0.2, 0.25) is 0 Å². The van der Waals surface area contributed by atoms with E-state index >= 15 is 0 Å². The quantitative estimate of drug-likeness (QED) is 0.325. The first kappa shape index (κ1) is 20.9. The molecular formula is C25H17ClO7. The Kier molecular flexibility index (Phi) is 4.98. The van der Waals surface area contributed by atoms with Gasteiger partial charge in [-0.25, -0.2) is 0 Å². The van der Waals surface area contributed by atoms with E-state index in [9.17, 15) is 19.8 Å². The van der Waals surface area contributed by atoms with Crippen molar-refractivity contribution in [3.8, 4) is 34.3 Å². The molecule has 1 aromatic heterocycles. The van der Waals surface area contributed by atoms with E-state index in [-0.39, 0.29) is 46.1 Å². The molecule has 166 valence electrons. The Morgan fingerprint density at radius 3 is 2.55 bits per heavy atom. The summed E-state index contributed by atoms with van der Waals surface area (Å²) in [5, 5.41) is 21.1. The lowest BCUT2D eigenvalue weighted by Crippen LogP contribution is -2.22. The minimum absolute atomic E-state index is 0.0200. The van der Waals surface area contributed by atoms with Gasteiger partial charge in [0.05, 0.1) is 13.5 Å². The smallest absolute Gasteiger partial charge is 0.312 e. The van der Waals surface area contributed by atoms with Crippen LogP contribution in [0.25, 0.3) is 22.3 Å². The van der Waals surface area contributed by atoms with Crippen LogP contribution in [0.15, 0.2) is 63.8 Å². The molecule has 2 heterocycles. The van der Waals surface area contributed by atoms with Crippen LogP contribution in [0.1, 0.15) is 23.5 Å². The number of hydrogen-bond acceptors (Lipinski definition) is 7. The third-order valence-electron chi connectivity index (χ3n) is 5.67. The van der Waals surface area contributed by atoms with Crippen molar-refractivity contribution in [2.45, 2.75) is 12.3 Å². The Balaban J connectivity index is 1.81. The van der Waals surface area contributed by atoms with Crippen LogP contribution in [0.4, 0.5) is 0 Å². The molecule has 0 fully saturated rings. The normalized spacial score (nSPS) is 15.2. The van der Waals surface area contributed by atoms with Crippen LogP contribution in [0.2, 0.25) is 5.02 Å². The molecule has 8 heteroatoms. The monoisotopic (exact) mass is 464 g/mol. The molecule has 4 aromatic rings. The van der Waals surface area contributed by atoms with Crippen LogP contribution in [-0.4, -0.2) is 23.3 Å². The number of carbonyl (C=O) groups excluding carboxylic acids is 1. The maximum atomic E-state index is 13.0. The van der Waals surface area contributed by atoms with Gasteiger partial charge in [0.15, 0.2) is 16.9 Å². The number of ether oxygens (including phenoxy) is 2. The molecule has 0 radical (unpaired) electrons. The maximum Gasteiger partial charge on any atom is 0.312 e. The number of phenolic OH excluding ortho intramolecular Hbond substituents is 2. The van der Waals surface area contributed by atoms with Gasteiger partial charge in [-0.2, -0.15) is 0 Å². The molecule has 33 heavy (non-hydrogen) atoms. The number of phenols is 2. The SMILES string of the molecule is COc1ccc(-c2cc(=O)c3c(O)cc4c(c3o2)[C@@H](c2ccccc2Cl)CC(=O)O4)cc1O. The van der Waals surface area contributed by atoms with E-state index in [2.05, 4.69) is 0 Å². The lowest BCUT2D eigenvalue weighted by Gasteiger charge is -2.26. The highest BCUT2D eigenvalue weighted by Gasteiger charge is 2.34. The molecule has 0 saturated carbocycles. The Hall–Kier alpha value is -3.97. The van der Waals surface area contributed by atoms with Gasteiger partial charge in [-0.1, -0.05) is 29.8 Å². The van der Waals surface area contributed by atoms with E-state index in [4.69, 9.17) is 25.5 Å². The highest BCUT2D eigenvalue weighted by molar-refractivity contribution is 6.31. The molecule has 2 N–H and O–H groups in total. The molecule has 0 spiro atoms. The van der Waals surface area contributed by atoms with Crippen LogP contribution in [0, 0.1) is 0 Å². The number of rotatable bonds is 3. The average Bonchev–Trinajstić information content (AvgIpc) is 2.78. The third kappa shape index (κ3) is 3.47. The van der Waals surface area contributed by atoms with Crippen molar-refractivity contribution in [1.29, 1.82) is 0 Å². The van der Waals surface area contributed by atoms with E-state index in [1.165, 1.54) is 25.3 Å². The topological polar surface area (TPSA) is 106 Å². The minimum Gasteiger partial charge on any atom is -0.507 e. The summed E-state index contributed by atoms with van der Waals surface area (Å²) in [6, 6.07) is 14.1. The molecular weight excluding hydrogens is 448 g/mol. The summed E-state index contributed by atoms with van der Waals surface area (Å²) in [6.45, 7) is 0. The predicted octanol–water partition coefficient (Wildman–Crippen LogP) is 4.97. The largest absolute Gasteiger partial charge is 0.507 e. The zero-order valence-corrected chi connectivity index (χ0v) is 18.1. The highest BCUT2D eigenvalue weighted by Crippen LogP contribution is 2.47. The van der Waals surface area contributed by atoms with Crippen molar-refractivity contribution < 1.29 is 28.9 Å². The molecule has 0 saturated heterocycles. The molecule has 1 aliphatic heterocycles. The highest BCUT2D eigenvalue weighted by atomic mass is 35.5. The number of hydrogen-bond donors (Lipinski definition) is 2. The van der Waals surface area contributed by atoms with Crippen molar-refractivity contribution in [3.63, 3.8) is 0 Å². The molecule has 0 bridgehead atoms. The number of halogens is 1. The van der Waals surface area contributed by atoms with Crippen LogP contribution < -0.4 is 14.9 Å². The van der Waals surface area contributed by atoms with Crippen molar-refractivity contribution in [2.75, 3.05) is 7.11 Å². The fourth-order valence-corrected chi connectivity index (χ4v) is 4.44. The number of carbonyl (C=O) groups is 1. The van der Waals surface area contributed by atoms with Crippen molar-refractivity contribution in [3.05, 3.63) is 81.0 Å². The Morgan fingerprint density at radius 1 is 1.03 bits per heavy atom. The minimum atomic E-state index is -0.555. The van der Waals surface area contributed by atoms with Gasteiger partial charge in [-0.05, 0) is 29.8 Å². The van der Waals surface area contributed by atoms with Crippen LogP contribution >= 0.6 is 11.6 Å². The first-order valence-corrected chi connectivity index (χ1v) is 10.4. The van der Waals surface area contributed by atoms with E-state index in [1.807, 2.05) is 0 Å². The summed E-state index contributed by atoms with van der Waals surface area (Å²) in [7, 11) is 1.43. The van der Waals surface area contributed by atoms with Crippen LogP contribution in [0.3, 0.4) is 0 Å². The molecule has 3 aromatic carbocycles. The second-order valence-corrected chi connectivity index (χ2v) is 8.03. The fourth-order valence-electron chi connectivity index (χ4n) is 4.17. The molecule has 1 aliphatic rings. The summed E-state index contributed by atoms with van der Waals surface area (Å²) in [5.41, 5.74) is 1.12. The molecule has 5 rings (SSSR count). The number of methoxy groups -OCH3 is 1. The van der Waals surface area contributed by atoms with E-state index in [0.717, 1.165) is 0 Å². The first-order valence-electron chi connectivity index (χ1n) is 10.0. The van der Waals surface area contributed by atoms with Crippen molar-refractivity contribution >= 4 is 28.5 Å². The molecule has 0 unspecified atom stereocenters. The van der Waals surface area contributed by atoms with Crippen LogP contribution in [-0.2, 0) is 4.79 Å². The summed E-state index contributed by atoms with van der Waals surface area (Å²) >= 11 is 6.43. The van der Waals surface area contributed by atoms with Crippen molar-refractivity contribution in [1.82, 2.24) is 0 Å².